The second-order valence-corrected chi connectivity index (χ2v) is 4.67. The zero-order chi connectivity index (χ0) is 15.1. The highest BCUT2D eigenvalue weighted by atomic mass is 16.1. The summed E-state index contributed by atoms with van der Waals surface area (Å²) in [6, 6.07) is 13.8. The summed E-state index contributed by atoms with van der Waals surface area (Å²) in [7, 11) is 1.60. The first-order valence-electron chi connectivity index (χ1n) is 6.91. The maximum atomic E-state index is 11.7. The van der Waals surface area contributed by atoms with Gasteiger partial charge in [0, 0.05) is 38.6 Å². The fraction of sp³-hybridized carbons (Fsp3) is 0.250. The number of rotatable bonds is 6. The zero-order valence-electron chi connectivity index (χ0n) is 12.1. The van der Waals surface area contributed by atoms with Crippen LogP contribution in [0.4, 0.5) is 5.69 Å². The van der Waals surface area contributed by atoms with Crippen LogP contribution in [0.1, 0.15) is 16.1 Å². The van der Waals surface area contributed by atoms with Crippen LogP contribution in [-0.4, -0.2) is 31.0 Å². The predicted molar refractivity (Wildman–Crippen MR) is 84.2 cm³/mol. The van der Waals surface area contributed by atoms with E-state index in [1.54, 1.807) is 19.3 Å². The van der Waals surface area contributed by atoms with E-state index in [9.17, 15) is 4.79 Å². The molecule has 1 heterocycles. The number of nitrogens with zero attached hydrogens (tertiary/aromatic N) is 2. The van der Waals surface area contributed by atoms with Crippen LogP contribution in [0.2, 0.25) is 0 Å². The molecule has 0 unspecified atom stereocenters. The van der Waals surface area contributed by atoms with Gasteiger partial charge in [0.15, 0.2) is 0 Å². The third-order valence-corrected chi connectivity index (χ3v) is 3.18. The lowest BCUT2D eigenvalue weighted by Gasteiger charge is -2.24. The Labute approximate surface area is 124 Å². The molecule has 0 aliphatic carbocycles. The number of nitrogens with one attached hydrogen (secondary N) is 1. The number of nitrogens with two attached hydrogens (primary N) is 1. The summed E-state index contributed by atoms with van der Waals surface area (Å²) in [6.07, 6.45) is 1.65. The summed E-state index contributed by atoms with van der Waals surface area (Å²) in [6.45, 7) is 2.01. The summed E-state index contributed by atoms with van der Waals surface area (Å²) >= 11 is 0. The lowest BCUT2D eigenvalue weighted by atomic mass is 10.2. The fourth-order valence-corrected chi connectivity index (χ4v) is 2.13. The topological polar surface area (TPSA) is 71.2 Å². The molecule has 2 aromatic rings. The largest absolute Gasteiger partial charge is 0.366 e. The van der Waals surface area contributed by atoms with Crippen molar-refractivity contribution in [2.45, 2.75) is 6.54 Å². The average Bonchev–Trinajstić information content (AvgIpc) is 2.55. The van der Waals surface area contributed by atoms with Crippen molar-refractivity contribution in [2.75, 3.05) is 25.0 Å². The fourth-order valence-electron chi connectivity index (χ4n) is 2.13. The number of aromatic nitrogens is 1. The van der Waals surface area contributed by atoms with Crippen LogP contribution in [-0.2, 0) is 6.54 Å². The Kier molecular flexibility index (Phi) is 5.29. The number of anilines is 1. The van der Waals surface area contributed by atoms with Gasteiger partial charge in [-0.05, 0) is 17.7 Å². The highest BCUT2D eigenvalue weighted by Gasteiger charge is 2.10. The first-order chi connectivity index (χ1) is 10.2. The number of hydrogen-bond acceptors (Lipinski definition) is 4. The van der Waals surface area contributed by atoms with Crippen LogP contribution in [0.25, 0.3) is 0 Å². The van der Waals surface area contributed by atoms with Gasteiger partial charge in [-0.1, -0.05) is 30.3 Å². The molecule has 110 valence electrons. The van der Waals surface area contributed by atoms with Gasteiger partial charge in [0.2, 0.25) is 0 Å². The van der Waals surface area contributed by atoms with E-state index in [0.717, 1.165) is 12.2 Å². The molecule has 0 radical (unpaired) electrons. The van der Waals surface area contributed by atoms with Crippen LogP contribution in [0.3, 0.4) is 0 Å². The Bertz CT molecular complexity index is 586. The molecule has 1 amide bonds. The molecular weight excluding hydrogens is 264 g/mol. The molecule has 1 aromatic carbocycles. The number of amides is 1. The maximum Gasteiger partial charge on any atom is 0.269 e. The van der Waals surface area contributed by atoms with Crippen LogP contribution in [0.15, 0.2) is 48.7 Å². The van der Waals surface area contributed by atoms with Crippen molar-refractivity contribution < 1.29 is 4.79 Å². The van der Waals surface area contributed by atoms with E-state index >= 15 is 0 Å². The molecule has 0 saturated heterocycles. The van der Waals surface area contributed by atoms with E-state index in [1.807, 2.05) is 24.3 Å². The second-order valence-electron chi connectivity index (χ2n) is 4.67. The second kappa shape index (κ2) is 7.40. The van der Waals surface area contributed by atoms with Crippen molar-refractivity contribution in [3.8, 4) is 0 Å². The molecule has 0 aliphatic rings. The number of carbonyl (C=O) groups excluding carboxylic acids is 1. The molecule has 0 spiro atoms. The molecule has 0 saturated carbocycles. The standard InChI is InChI=1S/C16H20N4O/c1-18-16(21)15-11-14(7-9-19-15)20(10-8-17)12-13-5-3-2-4-6-13/h2-7,9,11H,8,10,12,17H2,1H3,(H,18,21). The van der Waals surface area contributed by atoms with Gasteiger partial charge in [0.25, 0.3) is 5.91 Å². The summed E-state index contributed by atoms with van der Waals surface area (Å²) in [5.74, 6) is -0.191. The Morgan fingerprint density at radius 3 is 2.71 bits per heavy atom. The Hall–Kier alpha value is -2.40. The van der Waals surface area contributed by atoms with Gasteiger partial charge in [-0.2, -0.15) is 0 Å². The Morgan fingerprint density at radius 1 is 1.29 bits per heavy atom. The summed E-state index contributed by atoms with van der Waals surface area (Å²) in [5.41, 5.74) is 8.26. The van der Waals surface area contributed by atoms with Gasteiger partial charge in [-0.15, -0.1) is 0 Å². The van der Waals surface area contributed by atoms with Crippen molar-refractivity contribution in [1.82, 2.24) is 10.3 Å². The molecular formula is C16H20N4O. The van der Waals surface area contributed by atoms with Crippen LogP contribution < -0.4 is 16.0 Å². The molecule has 5 nitrogen and oxygen atoms in total. The van der Waals surface area contributed by atoms with Gasteiger partial charge in [0.1, 0.15) is 5.69 Å². The molecule has 5 heteroatoms. The Balaban J connectivity index is 2.23. The first kappa shape index (κ1) is 15.0. The van der Waals surface area contributed by atoms with Gasteiger partial charge in [-0.25, -0.2) is 0 Å². The van der Waals surface area contributed by atoms with Crippen molar-refractivity contribution in [1.29, 1.82) is 0 Å². The molecule has 2 rings (SSSR count). The molecule has 0 fully saturated rings. The summed E-state index contributed by atoms with van der Waals surface area (Å²) < 4.78 is 0. The van der Waals surface area contributed by atoms with Crippen LogP contribution in [0, 0.1) is 0 Å². The summed E-state index contributed by atoms with van der Waals surface area (Å²) in [5, 5.41) is 2.58. The SMILES string of the molecule is CNC(=O)c1cc(N(CCN)Cc2ccccc2)ccn1. The van der Waals surface area contributed by atoms with Crippen molar-refractivity contribution in [3.05, 3.63) is 59.9 Å². The number of hydrogen-bond donors (Lipinski definition) is 2. The van der Waals surface area contributed by atoms with E-state index in [0.29, 0.717) is 18.8 Å². The maximum absolute atomic E-state index is 11.7. The minimum absolute atomic E-state index is 0.191. The number of benzene rings is 1. The normalized spacial score (nSPS) is 10.2. The van der Waals surface area contributed by atoms with E-state index in [4.69, 9.17) is 5.73 Å². The van der Waals surface area contributed by atoms with Gasteiger partial charge in [-0.3, -0.25) is 9.78 Å². The van der Waals surface area contributed by atoms with Gasteiger partial charge < -0.3 is 16.0 Å². The molecule has 21 heavy (non-hydrogen) atoms. The molecule has 3 N–H and O–H groups in total. The smallest absolute Gasteiger partial charge is 0.269 e. The lowest BCUT2D eigenvalue weighted by Crippen LogP contribution is -2.29. The third-order valence-electron chi connectivity index (χ3n) is 3.18. The average molecular weight is 284 g/mol. The summed E-state index contributed by atoms with van der Waals surface area (Å²) in [4.78, 5) is 17.9. The predicted octanol–water partition coefficient (Wildman–Crippen LogP) is 1.41. The third kappa shape index (κ3) is 4.03. The molecule has 0 bridgehead atoms. The van der Waals surface area contributed by atoms with Crippen LogP contribution in [0.5, 0.6) is 0 Å². The van der Waals surface area contributed by atoms with E-state index in [2.05, 4.69) is 27.3 Å². The monoisotopic (exact) mass is 284 g/mol. The molecule has 0 aliphatic heterocycles. The quantitative estimate of drug-likeness (QED) is 0.841. The van der Waals surface area contributed by atoms with E-state index in [1.165, 1.54) is 5.56 Å². The molecule has 0 atom stereocenters. The molecule has 1 aromatic heterocycles. The Morgan fingerprint density at radius 2 is 2.05 bits per heavy atom. The number of carbonyl (C=O) groups is 1. The zero-order valence-corrected chi connectivity index (χ0v) is 12.1. The minimum Gasteiger partial charge on any atom is -0.366 e. The van der Waals surface area contributed by atoms with Crippen LogP contribution >= 0.6 is 0 Å². The highest BCUT2D eigenvalue weighted by Crippen LogP contribution is 2.17. The minimum atomic E-state index is -0.191. The van der Waals surface area contributed by atoms with Crippen molar-refractivity contribution >= 4 is 11.6 Å². The first-order valence-corrected chi connectivity index (χ1v) is 6.91. The number of pyridine rings is 1. The lowest BCUT2D eigenvalue weighted by molar-refractivity contribution is 0.0958. The van der Waals surface area contributed by atoms with Gasteiger partial charge >= 0.3 is 0 Å². The highest BCUT2D eigenvalue weighted by molar-refractivity contribution is 5.92. The van der Waals surface area contributed by atoms with Crippen molar-refractivity contribution in [2.24, 2.45) is 5.73 Å². The van der Waals surface area contributed by atoms with Crippen molar-refractivity contribution in [3.63, 3.8) is 0 Å². The van der Waals surface area contributed by atoms with Gasteiger partial charge in [0.05, 0.1) is 0 Å². The van der Waals surface area contributed by atoms with E-state index < -0.39 is 0 Å². The van der Waals surface area contributed by atoms with E-state index in [-0.39, 0.29) is 5.91 Å².